The minimum atomic E-state index is -3.78. The molecule has 0 aliphatic carbocycles. The number of anilines is 1. The highest BCUT2D eigenvalue weighted by molar-refractivity contribution is 14.1. The number of likely N-dealkylation sites (N-methyl/N-ethyl adjacent to an activating group) is 1. The molecule has 1 N–H and O–H groups in total. The Morgan fingerprint density at radius 3 is 2.14 bits per heavy atom. The predicted molar refractivity (Wildman–Crippen MR) is 159 cm³/mol. The lowest BCUT2D eigenvalue weighted by Crippen LogP contribution is -2.53. The summed E-state index contributed by atoms with van der Waals surface area (Å²) in [4.78, 5) is 28.6. The van der Waals surface area contributed by atoms with Gasteiger partial charge in [-0.15, -0.1) is 0 Å². The molecule has 0 spiro atoms. The molecular weight excluding hydrogens is 669 g/mol. The van der Waals surface area contributed by atoms with Crippen LogP contribution in [0.4, 0.5) is 5.69 Å². The van der Waals surface area contributed by atoms with Gasteiger partial charge in [0.2, 0.25) is 21.8 Å². The first kappa shape index (κ1) is 29.1. The van der Waals surface area contributed by atoms with E-state index in [1.54, 1.807) is 24.3 Å². The van der Waals surface area contributed by atoms with Gasteiger partial charge >= 0.3 is 0 Å². The van der Waals surface area contributed by atoms with Gasteiger partial charge in [0.05, 0.1) is 11.9 Å². The Morgan fingerprint density at radius 1 is 0.946 bits per heavy atom. The normalized spacial score (nSPS) is 12.0. The summed E-state index contributed by atoms with van der Waals surface area (Å²) < 4.78 is 28.4. The number of halogens is 2. The van der Waals surface area contributed by atoms with Gasteiger partial charge in [0.25, 0.3) is 0 Å². The van der Waals surface area contributed by atoms with E-state index in [0.29, 0.717) is 12.2 Å². The number of rotatable bonds is 11. The van der Waals surface area contributed by atoms with Gasteiger partial charge in [0, 0.05) is 27.6 Å². The van der Waals surface area contributed by atoms with Gasteiger partial charge in [-0.2, -0.15) is 0 Å². The molecule has 3 rings (SSSR count). The number of nitrogens with one attached hydrogen (secondary N) is 1. The van der Waals surface area contributed by atoms with Gasteiger partial charge in [0.1, 0.15) is 12.6 Å². The minimum absolute atomic E-state index is 0.144. The summed E-state index contributed by atoms with van der Waals surface area (Å²) >= 11 is 5.56. The van der Waals surface area contributed by atoms with E-state index in [1.807, 2.05) is 61.5 Å². The Morgan fingerprint density at radius 2 is 1.57 bits per heavy atom. The molecule has 37 heavy (non-hydrogen) atoms. The van der Waals surface area contributed by atoms with Gasteiger partial charge in [0.15, 0.2) is 0 Å². The molecule has 7 nitrogen and oxygen atoms in total. The van der Waals surface area contributed by atoms with Crippen LogP contribution in [0.3, 0.4) is 0 Å². The lowest BCUT2D eigenvalue weighted by molar-refractivity contribution is -0.140. The maximum absolute atomic E-state index is 13.9. The fraction of sp³-hybridized carbons (Fsp3) is 0.259. The van der Waals surface area contributed by atoms with Crippen molar-refractivity contribution in [2.75, 3.05) is 23.7 Å². The van der Waals surface area contributed by atoms with Crippen molar-refractivity contribution < 1.29 is 18.0 Å². The number of hydrogen-bond acceptors (Lipinski definition) is 4. The van der Waals surface area contributed by atoms with Crippen LogP contribution >= 0.6 is 38.5 Å². The Kier molecular flexibility index (Phi) is 10.5. The van der Waals surface area contributed by atoms with Gasteiger partial charge in [-0.05, 0) is 77.0 Å². The van der Waals surface area contributed by atoms with Crippen LogP contribution < -0.4 is 9.62 Å². The van der Waals surface area contributed by atoms with Gasteiger partial charge < -0.3 is 10.2 Å². The van der Waals surface area contributed by atoms with Gasteiger partial charge in [-0.1, -0.05) is 58.4 Å². The predicted octanol–water partition coefficient (Wildman–Crippen LogP) is 4.60. The number of nitrogens with zero attached hydrogens (tertiary/aromatic N) is 2. The second-order valence-corrected chi connectivity index (χ2v) is 12.6. The van der Waals surface area contributed by atoms with E-state index in [1.165, 1.54) is 4.90 Å². The van der Waals surface area contributed by atoms with Crippen molar-refractivity contribution >= 4 is 66.0 Å². The maximum atomic E-state index is 13.9. The van der Waals surface area contributed by atoms with Crippen molar-refractivity contribution in [1.82, 2.24) is 10.2 Å². The molecule has 10 heteroatoms. The average Bonchev–Trinajstić information content (AvgIpc) is 2.86. The van der Waals surface area contributed by atoms with E-state index >= 15 is 0 Å². The molecule has 0 radical (unpaired) electrons. The molecule has 3 aromatic carbocycles. The number of amides is 2. The first-order valence-corrected chi connectivity index (χ1v) is 15.4. The first-order chi connectivity index (χ1) is 17.6. The van der Waals surface area contributed by atoms with E-state index < -0.39 is 28.5 Å². The average molecular weight is 698 g/mol. The summed E-state index contributed by atoms with van der Waals surface area (Å²) in [7, 11) is -3.78. The van der Waals surface area contributed by atoms with Crippen LogP contribution in [0.1, 0.15) is 18.1 Å². The quantitative estimate of drug-likeness (QED) is 0.297. The van der Waals surface area contributed by atoms with E-state index in [2.05, 4.69) is 43.8 Å². The molecule has 0 bridgehead atoms. The lowest BCUT2D eigenvalue weighted by Gasteiger charge is -2.33. The summed E-state index contributed by atoms with van der Waals surface area (Å²) in [6.07, 6.45) is 1.36. The lowest BCUT2D eigenvalue weighted by atomic mass is 10.0. The molecule has 0 aromatic heterocycles. The van der Waals surface area contributed by atoms with E-state index in [4.69, 9.17) is 0 Å². The molecule has 196 valence electrons. The molecule has 1 atom stereocenters. The van der Waals surface area contributed by atoms with Crippen molar-refractivity contribution in [2.24, 2.45) is 0 Å². The first-order valence-electron chi connectivity index (χ1n) is 11.7. The Labute approximate surface area is 240 Å². The molecule has 1 unspecified atom stereocenters. The number of sulfonamides is 1. The van der Waals surface area contributed by atoms with Crippen LogP contribution in [-0.4, -0.2) is 50.5 Å². The van der Waals surface area contributed by atoms with Crippen LogP contribution in [0.25, 0.3) is 0 Å². The summed E-state index contributed by atoms with van der Waals surface area (Å²) in [5, 5.41) is 2.84. The molecule has 0 heterocycles. The van der Waals surface area contributed by atoms with Crippen molar-refractivity contribution in [3.8, 4) is 0 Å². The van der Waals surface area contributed by atoms with E-state index in [-0.39, 0.29) is 18.9 Å². The third-order valence-corrected chi connectivity index (χ3v) is 8.07. The number of carbonyl (C=O) groups excluding carboxylic acids is 2. The van der Waals surface area contributed by atoms with Crippen LogP contribution in [0, 0.1) is 3.57 Å². The monoisotopic (exact) mass is 697 g/mol. The fourth-order valence-electron chi connectivity index (χ4n) is 3.85. The highest BCUT2D eigenvalue weighted by atomic mass is 127. The fourth-order valence-corrected chi connectivity index (χ4v) is 5.33. The third-order valence-electron chi connectivity index (χ3n) is 5.68. The Balaban J connectivity index is 2.02. The highest BCUT2D eigenvalue weighted by Crippen LogP contribution is 2.22. The molecule has 3 aromatic rings. The third kappa shape index (κ3) is 8.54. The zero-order valence-electron chi connectivity index (χ0n) is 20.6. The van der Waals surface area contributed by atoms with Gasteiger partial charge in [-0.3, -0.25) is 13.9 Å². The van der Waals surface area contributed by atoms with Crippen LogP contribution in [0.2, 0.25) is 0 Å². The van der Waals surface area contributed by atoms with E-state index in [0.717, 1.165) is 29.7 Å². The topological polar surface area (TPSA) is 86.8 Å². The second kappa shape index (κ2) is 13.4. The van der Waals surface area contributed by atoms with E-state index in [9.17, 15) is 18.0 Å². The number of hydrogen-bond donors (Lipinski definition) is 1. The highest BCUT2D eigenvalue weighted by Gasteiger charge is 2.32. The summed E-state index contributed by atoms with van der Waals surface area (Å²) in [6.45, 7) is 1.94. The second-order valence-electron chi connectivity index (χ2n) is 8.49. The zero-order chi connectivity index (χ0) is 27.0. The maximum Gasteiger partial charge on any atom is 0.244 e. The van der Waals surface area contributed by atoms with Crippen LogP contribution in [0.5, 0.6) is 0 Å². The van der Waals surface area contributed by atoms with Gasteiger partial charge in [-0.25, -0.2) is 8.42 Å². The Bertz CT molecular complexity index is 1300. The smallest absolute Gasteiger partial charge is 0.244 e. The number of benzene rings is 3. The molecular formula is C27H29BrIN3O4S. The molecule has 2 amide bonds. The molecule has 0 fully saturated rings. The van der Waals surface area contributed by atoms with Crippen LogP contribution in [0.15, 0.2) is 83.3 Å². The molecule has 0 saturated carbocycles. The minimum Gasteiger partial charge on any atom is -0.355 e. The molecule has 0 aliphatic heterocycles. The Hall–Kier alpha value is -2.44. The standard InChI is InChI=1S/C27H29BrIN3O4S/c1-3-30-27(34)25(17-20-7-5-4-6-8-20)31(18-21-9-11-22(28)12-10-21)26(33)19-32(37(2,35)36)24-15-13-23(29)14-16-24/h4-16,25H,3,17-19H2,1-2H3,(H,30,34). The van der Waals surface area contributed by atoms with Crippen molar-refractivity contribution in [3.63, 3.8) is 0 Å². The van der Waals surface area contributed by atoms with Crippen molar-refractivity contribution in [1.29, 1.82) is 0 Å². The summed E-state index contributed by atoms with van der Waals surface area (Å²) in [5.41, 5.74) is 2.10. The molecule has 0 aliphatic rings. The number of carbonyl (C=O) groups is 2. The molecule has 0 saturated heterocycles. The zero-order valence-corrected chi connectivity index (χ0v) is 25.2. The summed E-state index contributed by atoms with van der Waals surface area (Å²) in [5.74, 6) is -0.768. The SMILES string of the molecule is CCNC(=O)C(Cc1ccccc1)N(Cc1ccc(Br)cc1)C(=O)CN(c1ccc(I)cc1)S(C)(=O)=O. The largest absolute Gasteiger partial charge is 0.355 e. The summed E-state index contributed by atoms with van der Waals surface area (Å²) in [6, 6.07) is 23.0. The van der Waals surface area contributed by atoms with Crippen molar-refractivity contribution in [2.45, 2.75) is 25.9 Å². The van der Waals surface area contributed by atoms with Crippen molar-refractivity contribution in [3.05, 3.63) is 98.0 Å². The van der Waals surface area contributed by atoms with Crippen LogP contribution in [-0.2, 0) is 32.6 Å².